The van der Waals surface area contributed by atoms with Crippen molar-refractivity contribution in [3.8, 4) is 0 Å². The Morgan fingerprint density at radius 2 is 2.07 bits per heavy atom. The van der Waals surface area contributed by atoms with Gasteiger partial charge in [-0.25, -0.2) is 0 Å². The maximum absolute atomic E-state index is 8.76. The number of rotatable bonds is 5. The summed E-state index contributed by atoms with van der Waals surface area (Å²) in [6.45, 7) is 5.13. The molecule has 0 radical (unpaired) electrons. The Morgan fingerprint density at radius 3 is 2.64 bits per heavy atom. The van der Waals surface area contributed by atoms with Crippen molar-refractivity contribution in [1.29, 1.82) is 0 Å². The molecule has 0 aromatic heterocycles. The van der Waals surface area contributed by atoms with E-state index in [1.54, 1.807) is 0 Å². The Balaban J connectivity index is 2.73. The fraction of sp³-hybridized carbons (Fsp3) is 0.500. The molecule has 2 nitrogen and oxygen atoms in total. The third kappa shape index (κ3) is 2.82. The number of hydrogen-bond donors (Lipinski definition) is 2. The van der Waals surface area contributed by atoms with Crippen molar-refractivity contribution in [3.63, 3.8) is 0 Å². The summed E-state index contributed by atoms with van der Waals surface area (Å²) in [4.78, 5) is 0. The number of nitrogens with one attached hydrogen (secondary N) is 1. The van der Waals surface area contributed by atoms with Crippen LogP contribution in [-0.2, 0) is 0 Å². The third-order valence-electron chi connectivity index (χ3n) is 2.47. The fourth-order valence-electron chi connectivity index (χ4n) is 1.69. The van der Waals surface area contributed by atoms with Crippen LogP contribution in [0.3, 0.4) is 0 Å². The predicted octanol–water partition coefficient (Wildman–Crippen LogP) is 2.03. The van der Waals surface area contributed by atoms with Gasteiger partial charge >= 0.3 is 0 Å². The number of aliphatic hydroxyl groups excluding tert-OH is 1. The van der Waals surface area contributed by atoms with E-state index >= 15 is 0 Å². The first kappa shape index (κ1) is 11.2. The van der Waals surface area contributed by atoms with Gasteiger partial charge in [0, 0.05) is 12.6 Å². The van der Waals surface area contributed by atoms with Crippen molar-refractivity contribution in [2.45, 2.75) is 26.3 Å². The van der Waals surface area contributed by atoms with E-state index in [9.17, 15) is 0 Å². The second-order valence-corrected chi connectivity index (χ2v) is 3.50. The molecule has 14 heavy (non-hydrogen) atoms. The average Bonchev–Trinajstić information content (AvgIpc) is 2.21. The van der Waals surface area contributed by atoms with Crippen molar-refractivity contribution < 1.29 is 5.11 Å². The van der Waals surface area contributed by atoms with Gasteiger partial charge in [0.1, 0.15) is 0 Å². The van der Waals surface area contributed by atoms with Crippen LogP contribution < -0.4 is 5.32 Å². The van der Waals surface area contributed by atoms with Gasteiger partial charge in [-0.05, 0) is 24.5 Å². The van der Waals surface area contributed by atoms with Crippen molar-refractivity contribution in [3.05, 3.63) is 35.4 Å². The van der Waals surface area contributed by atoms with E-state index in [1.807, 2.05) is 0 Å². The first-order valence-corrected chi connectivity index (χ1v) is 5.19. The van der Waals surface area contributed by atoms with Gasteiger partial charge in [0.15, 0.2) is 0 Å². The van der Waals surface area contributed by atoms with E-state index in [1.165, 1.54) is 11.1 Å². The third-order valence-corrected chi connectivity index (χ3v) is 2.47. The number of aliphatic hydroxyl groups is 1. The van der Waals surface area contributed by atoms with Gasteiger partial charge in [0.25, 0.3) is 0 Å². The highest BCUT2D eigenvalue weighted by Crippen LogP contribution is 2.19. The lowest BCUT2D eigenvalue weighted by Gasteiger charge is -2.18. The highest BCUT2D eigenvalue weighted by molar-refractivity contribution is 5.28. The van der Waals surface area contributed by atoms with E-state index in [4.69, 9.17) is 5.11 Å². The summed E-state index contributed by atoms with van der Waals surface area (Å²) in [6.07, 6.45) is 1.05. The van der Waals surface area contributed by atoms with Gasteiger partial charge in [-0.1, -0.05) is 31.2 Å². The Kier molecular flexibility index (Phi) is 4.63. The Morgan fingerprint density at radius 1 is 1.36 bits per heavy atom. The van der Waals surface area contributed by atoms with Crippen LogP contribution in [0.1, 0.15) is 30.5 Å². The zero-order valence-corrected chi connectivity index (χ0v) is 8.96. The van der Waals surface area contributed by atoms with Gasteiger partial charge in [0.05, 0.1) is 6.61 Å². The van der Waals surface area contributed by atoms with Gasteiger partial charge in [-0.3, -0.25) is 0 Å². The van der Waals surface area contributed by atoms with Crippen LogP contribution in [0.2, 0.25) is 0 Å². The Bertz CT molecular complexity index is 273. The quantitative estimate of drug-likeness (QED) is 0.750. The fourth-order valence-corrected chi connectivity index (χ4v) is 1.69. The normalized spacial score (nSPS) is 12.8. The molecular weight excluding hydrogens is 174 g/mol. The van der Waals surface area contributed by atoms with Crippen molar-refractivity contribution in [1.82, 2.24) is 5.32 Å². The molecule has 0 saturated heterocycles. The summed E-state index contributed by atoms with van der Waals surface area (Å²) in [5.74, 6) is 0. The smallest absolute Gasteiger partial charge is 0.0556 e. The van der Waals surface area contributed by atoms with E-state index in [2.05, 4.69) is 43.4 Å². The molecule has 0 spiro atoms. The molecule has 0 aliphatic rings. The van der Waals surface area contributed by atoms with Crippen LogP contribution in [0.5, 0.6) is 0 Å². The van der Waals surface area contributed by atoms with E-state index < -0.39 is 0 Å². The average molecular weight is 193 g/mol. The van der Waals surface area contributed by atoms with Crippen LogP contribution in [-0.4, -0.2) is 18.3 Å². The van der Waals surface area contributed by atoms with Crippen LogP contribution in [0.4, 0.5) is 0 Å². The second-order valence-electron chi connectivity index (χ2n) is 3.50. The zero-order chi connectivity index (χ0) is 10.4. The van der Waals surface area contributed by atoms with Crippen LogP contribution in [0.25, 0.3) is 0 Å². The van der Waals surface area contributed by atoms with E-state index in [0.29, 0.717) is 12.6 Å². The lowest BCUT2D eigenvalue weighted by Crippen LogP contribution is -2.24. The Hall–Kier alpha value is -0.860. The summed E-state index contributed by atoms with van der Waals surface area (Å²) in [7, 11) is 0. The molecule has 1 rings (SSSR count). The van der Waals surface area contributed by atoms with Gasteiger partial charge in [-0.15, -0.1) is 0 Å². The molecule has 0 amide bonds. The number of benzene rings is 1. The standard InChI is InChI=1S/C12H19NO/c1-3-12(13-8-9-14)11-7-5-4-6-10(11)2/h4-7,12-14H,3,8-9H2,1-2H3. The molecule has 1 unspecified atom stereocenters. The van der Waals surface area contributed by atoms with Crippen molar-refractivity contribution >= 4 is 0 Å². The molecule has 1 aromatic rings. The predicted molar refractivity (Wildman–Crippen MR) is 59.3 cm³/mol. The molecule has 0 bridgehead atoms. The van der Waals surface area contributed by atoms with Crippen molar-refractivity contribution in [2.75, 3.05) is 13.2 Å². The van der Waals surface area contributed by atoms with E-state index in [0.717, 1.165) is 6.42 Å². The Labute approximate surface area is 86.0 Å². The molecule has 2 N–H and O–H groups in total. The summed E-state index contributed by atoms with van der Waals surface area (Å²) in [5, 5.41) is 12.1. The van der Waals surface area contributed by atoms with Crippen molar-refractivity contribution in [2.24, 2.45) is 0 Å². The summed E-state index contributed by atoms with van der Waals surface area (Å²) in [6, 6.07) is 8.75. The summed E-state index contributed by atoms with van der Waals surface area (Å²) < 4.78 is 0. The van der Waals surface area contributed by atoms with Gasteiger partial charge in [0.2, 0.25) is 0 Å². The minimum absolute atomic E-state index is 0.197. The monoisotopic (exact) mass is 193 g/mol. The molecule has 2 heteroatoms. The highest BCUT2D eigenvalue weighted by atomic mass is 16.3. The molecule has 0 saturated carbocycles. The van der Waals surface area contributed by atoms with Crippen LogP contribution >= 0.6 is 0 Å². The molecule has 0 heterocycles. The molecule has 1 aromatic carbocycles. The lowest BCUT2D eigenvalue weighted by atomic mass is 9.99. The molecule has 0 fully saturated rings. The minimum atomic E-state index is 0.197. The number of aryl methyl sites for hydroxylation is 1. The van der Waals surface area contributed by atoms with Crippen LogP contribution in [0, 0.1) is 6.92 Å². The summed E-state index contributed by atoms with van der Waals surface area (Å²) >= 11 is 0. The van der Waals surface area contributed by atoms with Gasteiger partial charge in [-0.2, -0.15) is 0 Å². The summed E-state index contributed by atoms with van der Waals surface area (Å²) in [5.41, 5.74) is 2.65. The molecule has 1 atom stereocenters. The molecular formula is C12H19NO. The maximum Gasteiger partial charge on any atom is 0.0556 e. The largest absolute Gasteiger partial charge is 0.395 e. The maximum atomic E-state index is 8.76. The molecule has 0 aliphatic heterocycles. The molecule has 0 aliphatic carbocycles. The second kappa shape index (κ2) is 5.78. The lowest BCUT2D eigenvalue weighted by molar-refractivity contribution is 0.283. The van der Waals surface area contributed by atoms with Crippen LogP contribution in [0.15, 0.2) is 24.3 Å². The van der Waals surface area contributed by atoms with Gasteiger partial charge < -0.3 is 10.4 Å². The minimum Gasteiger partial charge on any atom is -0.395 e. The molecule has 78 valence electrons. The highest BCUT2D eigenvalue weighted by Gasteiger charge is 2.09. The topological polar surface area (TPSA) is 32.3 Å². The van der Waals surface area contributed by atoms with E-state index in [-0.39, 0.29) is 6.61 Å². The number of hydrogen-bond acceptors (Lipinski definition) is 2. The first-order valence-electron chi connectivity index (χ1n) is 5.19. The SMILES string of the molecule is CCC(NCCO)c1ccccc1C. The zero-order valence-electron chi connectivity index (χ0n) is 8.96. The first-order chi connectivity index (χ1) is 6.79.